The van der Waals surface area contributed by atoms with Crippen LogP contribution in [0.1, 0.15) is 6.92 Å². The van der Waals surface area contributed by atoms with Crippen molar-refractivity contribution < 1.29 is 9.59 Å². The van der Waals surface area contributed by atoms with Crippen LogP contribution in [0.15, 0.2) is 24.3 Å². The van der Waals surface area contributed by atoms with Gasteiger partial charge in [-0.1, -0.05) is 0 Å². The van der Waals surface area contributed by atoms with Crippen LogP contribution in [0.3, 0.4) is 0 Å². The third-order valence-corrected chi connectivity index (χ3v) is 1.91. The lowest BCUT2D eigenvalue weighted by Gasteiger charge is -2.19. The minimum atomic E-state index is 0.158. The Morgan fingerprint density at radius 2 is 2.00 bits per heavy atom. The predicted octanol–water partition coefficient (Wildman–Crippen LogP) is 0.890. The first-order chi connectivity index (χ1) is 5.77. The average molecular weight is 185 g/mol. The van der Waals surface area contributed by atoms with Crippen molar-refractivity contribution in [1.29, 1.82) is 0 Å². The molecule has 0 saturated heterocycles. The Hall–Kier alpha value is -0.630. The van der Waals surface area contributed by atoms with Crippen LogP contribution in [-0.4, -0.2) is 6.54 Å². The molecule has 0 heterocycles. The molecule has 1 aromatic rings. The van der Waals surface area contributed by atoms with Gasteiger partial charge in [0.25, 0.3) is 0 Å². The summed E-state index contributed by atoms with van der Waals surface area (Å²) >= 11 is 0. The van der Waals surface area contributed by atoms with Crippen LogP contribution in [0, 0.1) is 5.21 Å². The number of benzene rings is 1. The van der Waals surface area contributed by atoms with Crippen LogP contribution < -0.4 is 9.59 Å². The van der Waals surface area contributed by atoms with E-state index >= 15 is 0 Å². The van der Waals surface area contributed by atoms with Crippen molar-refractivity contribution in [1.82, 2.24) is 0 Å². The van der Waals surface area contributed by atoms with Gasteiger partial charge in [0.1, 0.15) is 11.4 Å². The Morgan fingerprint density at radius 1 is 1.42 bits per heavy atom. The molecule has 0 amide bonds. The zero-order valence-electron chi connectivity index (χ0n) is 6.91. The minimum Gasteiger partial charge on any atom is -0.629 e. The summed E-state index contributed by atoms with van der Waals surface area (Å²) in [6.45, 7) is 2.39. The van der Waals surface area contributed by atoms with Crippen LogP contribution in [-0.2, 0) is 0 Å². The molecule has 2 unspecified atom stereocenters. The maximum Gasteiger partial charge on any atom is 0.131 e. The molecule has 0 aliphatic rings. The van der Waals surface area contributed by atoms with E-state index < -0.39 is 0 Å². The van der Waals surface area contributed by atoms with Crippen molar-refractivity contribution in [2.45, 2.75) is 6.92 Å². The summed E-state index contributed by atoms with van der Waals surface area (Å²) in [5.41, 5.74) is 0.739. The Kier molecular flexibility index (Phi) is 3.48. The average Bonchev–Trinajstić information content (AvgIpc) is 2.17. The number of hydroxylamine groups is 1. The van der Waals surface area contributed by atoms with Gasteiger partial charge in [-0.05, 0) is 19.1 Å². The van der Waals surface area contributed by atoms with E-state index in [1.165, 1.54) is 0 Å². The highest BCUT2D eigenvalue weighted by Gasteiger charge is 1.98. The minimum absolute atomic E-state index is 0.158. The molecule has 0 saturated carbocycles. The monoisotopic (exact) mass is 185 g/mol. The molecule has 3 nitrogen and oxygen atoms in total. The molecule has 0 radical (unpaired) electrons. The zero-order valence-corrected chi connectivity index (χ0v) is 8.07. The second kappa shape index (κ2) is 4.41. The molecule has 66 valence electrons. The number of hydrogen-bond acceptors (Lipinski definition) is 2. The summed E-state index contributed by atoms with van der Waals surface area (Å²) in [4.78, 5) is 0. The summed E-state index contributed by atoms with van der Waals surface area (Å²) in [5.74, 6) is 0.743. The third-order valence-electron chi connectivity index (χ3n) is 1.63. The molecule has 0 aliphatic carbocycles. The molecule has 0 spiro atoms. The van der Waals surface area contributed by atoms with Gasteiger partial charge < -0.3 is 14.8 Å². The lowest BCUT2D eigenvalue weighted by Crippen LogP contribution is -3.01. The van der Waals surface area contributed by atoms with E-state index in [0.29, 0.717) is 6.54 Å². The highest BCUT2D eigenvalue weighted by atomic mass is 31.0. The fourth-order valence-corrected chi connectivity index (χ4v) is 1.08. The van der Waals surface area contributed by atoms with E-state index in [2.05, 4.69) is 9.47 Å². The molecule has 1 aromatic carbocycles. The fourth-order valence-electron chi connectivity index (χ4n) is 0.924. The van der Waals surface area contributed by atoms with E-state index in [4.69, 9.17) is 4.52 Å². The first-order valence-corrected chi connectivity index (χ1v) is 4.25. The SMILES string of the molecule is CC[NH+]([O-])c1ccc(OP)cc1. The highest BCUT2D eigenvalue weighted by molar-refractivity contribution is 7.10. The van der Waals surface area contributed by atoms with Gasteiger partial charge in [0.15, 0.2) is 0 Å². The van der Waals surface area contributed by atoms with Gasteiger partial charge in [-0.15, -0.1) is 0 Å². The van der Waals surface area contributed by atoms with E-state index in [9.17, 15) is 5.21 Å². The summed E-state index contributed by atoms with van der Waals surface area (Å²) in [7, 11) is 2.16. The lowest BCUT2D eigenvalue weighted by molar-refractivity contribution is -0.773. The lowest BCUT2D eigenvalue weighted by atomic mass is 10.3. The summed E-state index contributed by atoms with van der Waals surface area (Å²) in [6.07, 6.45) is 0. The zero-order chi connectivity index (χ0) is 8.97. The smallest absolute Gasteiger partial charge is 0.131 e. The summed E-state index contributed by atoms with van der Waals surface area (Å²) in [6, 6.07) is 7.09. The number of quaternary nitrogens is 1. The number of nitrogens with one attached hydrogen (secondary N) is 1. The fraction of sp³-hybridized carbons (Fsp3) is 0.250. The van der Waals surface area contributed by atoms with Gasteiger partial charge in [0.05, 0.1) is 16.0 Å². The van der Waals surface area contributed by atoms with Crippen molar-refractivity contribution in [2.24, 2.45) is 0 Å². The predicted molar refractivity (Wildman–Crippen MR) is 51.3 cm³/mol. The van der Waals surface area contributed by atoms with Crippen LogP contribution >= 0.6 is 9.47 Å². The topological polar surface area (TPSA) is 36.7 Å². The molecule has 2 atom stereocenters. The molecule has 0 bridgehead atoms. The molecule has 0 fully saturated rings. The standard InChI is InChI=1S/C8H12NO2P/c1-2-9(10)7-3-5-8(11-12)6-4-7/h3-6,9H,2,12H2,1H3. The second-order valence-corrected chi connectivity index (χ2v) is 2.65. The second-order valence-electron chi connectivity index (χ2n) is 2.42. The van der Waals surface area contributed by atoms with Gasteiger partial charge in [0.2, 0.25) is 0 Å². The van der Waals surface area contributed by atoms with Crippen LogP contribution in [0.5, 0.6) is 5.75 Å². The van der Waals surface area contributed by atoms with E-state index in [1.54, 1.807) is 24.3 Å². The van der Waals surface area contributed by atoms with E-state index in [-0.39, 0.29) is 5.06 Å². The third kappa shape index (κ3) is 2.18. The number of hydrogen-bond donors (Lipinski definition) is 1. The van der Waals surface area contributed by atoms with Crippen LogP contribution in [0.25, 0.3) is 0 Å². The maximum absolute atomic E-state index is 11.2. The van der Waals surface area contributed by atoms with Gasteiger partial charge >= 0.3 is 0 Å². The number of rotatable bonds is 3. The molecule has 1 N–H and O–H groups in total. The van der Waals surface area contributed by atoms with Crippen LogP contribution in [0.2, 0.25) is 0 Å². The first-order valence-electron chi connectivity index (χ1n) is 3.78. The van der Waals surface area contributed by atoms with E-state index in [1.807, 2.05) is 6.92 Å². The largest absolute Gasteiger partial charge is 0.629 e. The maximum atomic E-state index is 11.2. The Labute approximate surface area is 74.2 Å². The van der Waals surface area contributed by atoms with Gasteiger partial charge in [0, 0.05) is 12.1 Å². The van der Waals surface area contributed by atoms with Crippen LogP contribution in [0.4, 0.5) is 5.69 Å². The molecule has 4 heteroatoms. The Balaban J connectivity index is 2.77. The van der Waals surface area contributed by atoms with Crippen molar-refractivity contribution in [3.05, 3.63) is 29.5 Å². The van der Waals surface area contributed by atoms with Gasteiger partial charge in [-0.2, -0.15) is 0 Å². The van der Waals surface area contributed by atoms with Gasteiger partial charge in [-0.3, -0.25) is 0 Å². The molecule has 0 aliphatic heterocycles. The summed E-state index contributed by atoms with van der Waals surface area (Å²) < 4.78 is 4.89. The first kappa shape index (κ1) is 9.46. The molecule has 1 rings (SSSR count). The quantitative estimate of drug-likeness (QED) is 0.560. The Morgan fingerprint density at radius 3 is 2.42 bits per heavy atom. The normalized spacial score (nSPS) is 12.6. The highest BCUT2D eigenvalue weighted by Crippen LogP contribution is 2.14. The van der Waals surface area contributed by atoms with Crippen molar-refractivity contribution >= 4 is 15.2 Å². The van der Waals surface area contributed by atoms with E-state index in [0.717, 1.165) is 11.4 Å². The molecular weight excluding hydrogens is 173 g/mol. The van der Waals surface area contributed by atoms with Crippen molar-refractivity contribution in [2.75, 3.05) is 6.54 Å². The van der Waals surface area contributed by atoms with Crippen molar-refractivity contribution in [3.63, 3.8) is 0 Å². The summed E-state index contributed by atoms with van der Waals surface area (Å²) in [5, 5.41) is 11.3. The Bertz CT molecular complexity index is 237. The molecular formula is C8H12NO2P. The molecule has 0 aromatic heterocycles. The van der Waals surface area contributed by atoms with Crippen molar-refractivity contribution in [3.8, 4) is 5.75 Å². The molecule has 12 heavy (non-hydrogen) atoms. The van der Waals surface area contributed by atoms with Gasteiger partial charge in [-0.25, -0.2) is 0 Å².